The normalized spacial score (nSPS) is 11.3. The Kier molecular flexibility index (Phi) is 8.87. The maximum atomic E-state index is 2.45. The van der Waals surface area contributed by atoms with Crippen LogP contribution in [-0.2, 0) is 0 Å². The molecule has 2 nitrogen and oxygen atoms in total. The molecular formula is C58H40N2. The summed E-state index contributed by atoms with van der Waals surface area (Å²) in [7, 11) is 0. The van der Waals surface area contributed by atoms with Gasteiger partial charge >= 0.3 is 0 Å². The van der Waals surface area contributed by atoms with Gasteiger partial charge in [-0.25, -0.2) is 0 Å². The Labute approximate surface area is 350 Å². The molecule has 0 fully saturated rings. The van der Waals surface area contributed by atoms with Crippen molar-refractivity contribution in [2.45, 2.75) is 0 Å². The fourth-order valence-corrected chi connectivity index (χ4v) is 8.89. The fourth-order valence-electron chi connectivity index (χ4n) is 8.89. The van der Waals surface area contributed by atoms with E-state index >= 15 is 0 Å². The Balaban J connectivity index is 0.940. The molecule has 11 rings (SSSR count). The summed E-state index contributed by atoms with van der Waals surface area (Å²) in [6, 6.07) is 87.7. The zero-order valence-electron chi connectivity index (χ0n) is 33.0. The summed E-state index contributed by atoms with van der Waals surface area (Å²) in [6.07, 6.45) is 0. The largest absolute Gasteiger partial charge is 0.311 e. The molecule has 0 aliphatic carbocycles. The first-order chi connectivity index (χ1) is 29.8. The predicted octanol–water partition coefficient (Wildman–Crippen LogP) is 16.1. The van der Waals surface area contributed by atoms with Crippen molar-refractivity contribution in [1.29, 1.82) is 0 Å². The minimum atomic E-state index is 1.11. The van der Waals surface area contributed by atoms with E-state index in [2.05, 4.69) is 252 Å². The third kappa shape index (κ3) is 6.32. The Bertz CT molecular complexity index is 3270. The lowest BCUT2D eigenvalue weighted by atomic mass is 9.97. The molecule has 0 N–H and O–H groups in total. The van der Waals surface area contributed by atoms with Gasteiger partial charge in [-0.1, -0.05) is 188 Å². The first kappa shape index (κ1) is 35.2. The van der Waals surface area contributed by atoms with Crippen molar-refractivity contribution in [1.82, 2.24) is 4.57 Å². The number of fused-ring (bicyclic) bond motifs is 4. The number of hydrogen-bond acceptors (Lipinski definition) is 1. The van der Waals surface area contributed by atoms with Crippen molar-refractivity contribution >= 4 is 49.6 Å². The molecule has 0 radical (unpaired) electrons. The topological polar surface area (TPSA) is 8.17 Å². The monoisotopic (exact) mass is 764 g/mol. The zero-order valence-corrected chi connectivity index (χ0v) is 33.0. The molecule has 1 aromatic heterocycles. The van der Waals surface area contributed by atoms with E-state index in [1.165, 1.54) is 77.1 Å². The van der Waals surface area contributed by atoms with Gasteiger partial charge in [0.15, 0.2) is 0 Å². The lowest BCUT2D eigenvalue weighted by Gasteiger charge is -2.26. The second-order valence-corrected chi connectivity index (χ2v) is 15.3. The van der Waals surface area contributed by atoms with Crippen molar-refractivity contribution in [3.05, 3.63) is 243 Å². The van der Waals surface area contributed by atoms with E-state index < -0.39 is 0 Å². The maximum Gasteiger partial charge on any atom is 0.0547 e. The molecule has 10 aromatic carbocycles. The van der Waals surface area contributed by atoms with E-state index in [1.54, 1.807) is 0 Å². The van der Waals surface area contributed by atoms with Crippen LogP contribution in [0.5, 0.6) is 0 Å². The van der Waals surface area contributed by atoms with E-state index in [9.17, 15) is 0 Å². The Morgan fingerprint density at radius 3 is 1.45 bits per heavy atom. The summed E-state index contributed by atoms with van der Waals surface area (Å²) >= 11 is 0. The minimum absolute atomic E-state index is 1.11. The number of nitrogens with zero attached hydrogens (tertiary/aromatic N) is 2. The Hall–Kier alpha value is -7.94. The van der Waals surface area contributed by atoms with Crippen LogP contribution in [0.2, 0.25) is 0 Å². The van der Waals surface area contributed by atoms with E-state index in [0.717, 1.165) is 22.7 Å². The average molecular weight is 765 g/mol. The molecule has 60 heavy (non-hydrogen) atoms. The summed E-state index contributed by atoms with van der Waals surface area (Å²) in [5, 5.41) is 5.01. The molecule has 0 spiro atoms. The van der Waals surface area contributed by atoms with Crippen molar-refractivity contribution in [3.8, 4) is 50.2 Å². The fraction of sp³-hybridized carbons (Fsp3) is 0. The van der Waals surface area contributed by atoms with Gasteiger partial charge in [0.2, 0.25) is 0 Å². The van der Waals surface area contributed by atoms with Crippen molar-refractivity contribution in [2.75, 3.05) is 4.90 Å². The maximum absolute atomic E-state index is 2.45. The minimum Gasteiger partial charge on any atom is -0.311 e. The number of hydrogen-bond donors (Lipinski definition) is 0. The second-order valence-electron chi connectivity index (χ2n) is 15.3. The van der Waals surface area contributed by atoms with Crippen LogP contribution in [0.25, 0.3) is 82.8 Å². The lowest BCUT2D eigenvalue weighted by molar-refractivity contribution is 1.18. The van der Waals surface area contributed by atoms with Gasteiger partial charge in [0.05, 0.1) is 16.7 Å². The Morgan fingerprint density at radius 2 is 0.733 bits per heavy atom. The standard InChI is InChI=1S/C58H40N2/c1-3-14-41(15-4-1)43-30-35-49(36-31-43)59(48-18-5-2-6-19-48)50-37-32-44(33-38-50)42-26-28-46(29-27-42)53-21-9-11-24-56(53)60-57-25-12-10-22-54(57)55-39-34-47(40-58(55)60)52-23-13-17-45-16-7-8-20-51(45)52/h1-40H. The SMILES string of the molecule is c1ccc(-c2ccc(N(c3ccccc3)c3ccc(-c4ccc(-c5ccccc5-n5c6ccccc6c6ccc(-c7cccc8ccccc78)cc65)cc4)cc3)cc2)cc1. The number of aromatic nitrogens is 1. The van der Waals surface area contributed by atoms with Crippen molar-refractivity contribution in [2.24, 2.45) is 0 Å². The van der Waals surface area contributed by atoms with Gasteiger partial charge in [-0.2, -0.15) is 0 Å². The zero-order chi connectivity index (χ0) is 39.8. The van der Waals surface area contributed by atoms with Crippen LogP contribution in [0.15, 0.2) is 243 Å². The van der Waals surface area contributed by atoms with Crippen molar-refractivity contribution < 1.29 is 0 Å². The third-order valence-electron chi connectivity index (χ3n) is 11.8. The molecule has 0 atom stereocenters. The molecule has 2 heteroatoms. The molecule has 0 bridgehead atoms. The highest BCUT2D eigenvalue weighted by Gasteiger charge is 2.18. The molecule has 0 saturated carbocycles. The number of para-hydroxylation sites is 3. The van der Waals surface area contributed by atoms with Gasteiger partial charge in [-0.15, -0.1) is 0 Å². The van der Waals surface area contributed by atoms with Crippen LogP contribution >= 0.6 is 0 Å². The van der Waals surface area contributed by atoms with Crippen LogP contribution in [-0.4, -0.2) is 4.57 Å². The molecule has 0 aliphatic heterocycles. The van der Waals surface area contributed by atoms with Gasteiger partial charge in [-0.3, -0.25) is 0 Å². The summed E-state index contributed by atoms with van der Waals surface area (Å²) in [6.45, 7) is 0. The quantitative estimate of drug-likeness (QED) is 0.150. The predicted molar refractivity (Wildman–Crippen MR) is 255 cm³/mol. The first-order valence-electron chi connectivity index (χ1n) is 20.6. The molecule has 0 unspecified atom stereocenters. The van der Waals surface area contributed by atoms with E-state index in [1.807, 2.05) is 0 Å². The van der Waals surface area contributed by atoms with Gasteiger partial charge in [0.1, 0.15) is 0 Å². The van der Waals surface area contributed by atoms with Crippen LogP contribution in [0, 0.1) is 0 Å². The molecule has 0 aliphatic rings. The summed E-state index contributed by atoms with van der Waals surface area (Å²) in [4.78, 5) is 2.32. The van der Waals surface area contributed by atoms with Crippen LogP contribution in [0.4, 0.5) is 17.1 Å². The highest BCUT2D eigenvalue weighted by molar-refractivity contribution is 6.11. The van der Waals surface area contributed by atoms with Gasteiger partial charge < -0.3 is 9.47 Å². The summed E-state index contributed by atoms with van der Waals surface area (Å²) < 4.78 is 2.45. The number of anilines is 3. The highest BCUT2D eigenvalue weighted by Crippen LogP contribution is 2.40. The molecule has 11 aromatic rings. The summed E-state index contributed by atoms with van der Waals surface area (Å²) in [5.74, 6) is 0. The van der Waals surface area contributed by atoms with E-state index in [4.69, 9.17) is 0 Å². The molecule has 0 amide bonds. The average Bonchev–Trinajstić information content (AvgIpc) is 3.66. The van der Waals surface area contributed by atoms with Crippen LogP contribution < -0.4 is 4.90 Å². The van der Waals surface area contributed by atoms with Gasteiger partial charge in [-0.05, 0) is 104 Å². The first-order valence-corrected chi connectivity index (χ1v) is 20.6. The molecular weight excluding hydrogens is 725 g/mol. The van der Waals surface area contributed by atoms with Gasteiger partial charge in [0.25, 0.3) is 0 Å². The second kappa shape index (κ2) is 15.1. The number of benzene rings is 10. The molecule has 0 saturated heterocycles. The lowest BCUT2D eigenvalue weighted by Crippen LogP contribution is -2.09. The smallest absolute Gasteiger partial charge is 0.0547 e. The van der Waals surface area contributed by atoms with Crippen LogP contribution in [0.3, 0.4) is 0 Å². The van der Waals surface area contributed by atoms with Gasteiger partial charge in [0, 0.05) is 33.4 Å². The van der Waals surface area contributed by atoms with Crippen molar-refractivity contribution in [3.63, 3.8) is 0 Å². The Morgan fingerprint density at radius 1 is 0.267 bits per heavy atom. The molecule has 1 heterocycles. The van der Waals surface area contributed by atoms with E-state index in [-0.39, 0.29) is 0 Å². The third-order valence-corrected chi connectivity index (χ3v) is 11.8. The van der Waals surface area contributed by atoms with E-state index in [0.29, 0.717) is 0 Å². The van der Waals surface area contributed by atoms with Crippen LogP contribution in [0.1, 0.15) is 0 Å². The highest BCUT2D eigenvalue weighted by atomic mass is 15.1. The summed E-state index contributed by atoms with van der Waals surface area (Å²) in [5.41, 5.74) is 16.5. The number of rotatable bonds is 8. The molecule has 282 valence electrons.